The topological polar surface area (TPSA) is 92.3 Å². The summed E-state index contributed by atoms with van der Waals surface area (Å²) in [6.07, 6.45) is 0. The second-order valence-electron chi connectivity index (χ2n) is 7.08. The number of rotatable bonds is 6. The van der Waals surface area contributed by atoms with Crippen LogP contribution in [0, 0.1) is 20.8 Å². The third-order valence-corrected chi connectivity index (χ3v) is 8.02. The standard InChI is InChI=1S/C21H20Cl2N2O4S2/c1-13-4-9-19(15(3)10-13)24-30(26,27)17-7-5-14(2)20(12-17)25-31(28,29)21-11-16(22)6-8-18(21)23/h4-12,24-25H,1-3H3. The van der Waals surface area contributed by atoms with E-state index in [9.17, 15) is 16.8 Å². The van der Waals surface area contributed by atoms with Crippen molar-refractivity contribution in [3.05, 3.63) is 81.3 Å². The van der Waals surface area contributed by atoms with E-state index in [1.165, 1.54) is 36.4 Å². The van der Waals surface area contributed by atoms with Gasteiger partial charge in [0.25, 0.3) is 20.0 Å². The summed E-state index contributed by atoms with van der Waals surface area (Å²) in [6, 6.07) is 13.6. The minimum atomic E-state index is -4.10. The second kappa shape index (κ2) is 8.70. The zero-order valence-electron chi connectivity index (χ0n) is 16.9. The Bertz CT molecular complexity index is 1370. The molecule has 164 valence electrons. The van der Waals surface area contributed by atoms with Crippen molar-refractivity contribution in [3.63, 3.8) is 0 Å². The van der Waals surface area contributed by atoms with Gasteiger partial charge in [-0.3, -0.25) is 9.44 Å². The summed E-state index contributed by atoms with van der Waals surface area (Å²) in [6.45, 7) is 5.37. The van der Waals surface area contributed by atoms with Gasteiger partial charge in [0.05, 0.1) is 21.3 Å². The molecule has 2 N–H and O–H groups in total. The Hall–Kier alpha value is -2.26. The number of benzene rings is 3. The molecule has 10 heteroatoms. The normalized spacial score (nSPS) is 11.9. The first-order valence-electron chi connectivity index (χ1n) is 9.08. The van der Waals surface area contributed by atoms with Gasteiger partial charge in [-0.2, -0.15) is 0 Å². The zero-order valence-corrected chi connectivity index (χ0v) is 20.0. The van der Waals surface area contributed by atoms with Crippen molar-refractivity contribution in [2.24, 2.45) is 0 Å². The highest BCUT2D eigenvalue weighted by Crippen LogP contribution is 2.29. The molecule has 0 aliphatic carbocycles. The first-order valence-corrected chi connectivity index (χ1v) is 12.8. The fraction of sp³-hybridized carbons (Fsp3) is 0.143. The molecule has 0 aliphatic rings. The summed E-state index contributed by atoms with van der Waals surface area (Å²) in [4.78, 5) is -0.296. The number of hydrogen-bond donors (Lipinski definition) is 2. The van der Waals surface area contributed by atoms with Crippen LogP contribution in [0.1, 0.15) is 16.7 Å². The quantitative estimate of drug-likeness (QED) is 0.467. The van der Waals surface area contributed by atoms with Gasteiger partial charge in [0, 0.05) is 5.02 Å². The first-order chi connectivity index (χ1) is 14.4. The Labute approximate surface area is 192 Å². The molecular weight excluding hydrogens is 479 g/mol. The van der Waals surface area contributed by atoms with Crippen LogP contribution >= 0.6 is 23.2 Å². The second-order valence-corrected chi connectivity index (χ2v) is 11.3. The van der Waals surface area contributed by atoms with Crippen LogP contribution in [0.25, 0.3) is 0 Å². The summed E-state index contributed by atoms with van der Waals surface area (Å²) in [5.41, 5.74) is 2.87. The number of hydrogen-bond acceptors (Lipinski definition) is 4. The first kappa shape index (κ1) is 23.4. The number of halogens is 2. The van der Waals surface area contributed by atoms with E-state index in [4.69, 9.17) is 23.2 Å². The van der Waals surface area contributed by atoms with Crippen LogP contribution in [0.2, 0.25) is 10.0 Å². The highest BCUT2D eigenvalue weighted by molar-refractivity contribution is 7.93. The van der Waals surface area contributed by atoms with E-state index in [1.807, 2.05) is 13.0 Å². The van der Waals surface area contributed by atoms with Crippen LogP contribution in [0.3, 0.4) is 0 Å². The van der Waals surface area contributed by atoms with Gasteiger partial charge in [-0.25, -0.2) is 16.8 Å². The molecule has 0 fully saturated rings. The molecule has 0 bridgehead atoms. The van der Waals surface area contributed by atoms with Crippen molar-refractivity contribution < 1.29 is 16.8 Å². The molecule has 0 saturated heterocycles. The summed E-state index contributed by atoms with van der Waals surface area (Å²) in [5, 5.41) is 0.199. The smallest absolute Gasteiger partial charge is 0.263 e. The number of aryl methyl sites for hydroxylation is 3. The summed E-state index contributed by atoms with van der Waals surface area (Å²) < 4.78 is 56.4. The molecular formula is C21H20Cl2N2O4S2. The van der Waals surface area contributed by atoms with Crippen molar-refractivity contribution >= 4 is 54.6 Å². The molecule has 3 aromatic rings. The monoisotopic (exact) mass is 498 g/mol. The lowest BCUT2D eigenvalue weighted by molar-refractivity contribution is 0.598. The van der Waals surface area contributed by atoms with Crippen LogP contribution in [-0.2, 0) is 20.0 Å². The molecule has 0 spiro atoms. The van der Waals surface area contributed by atoms with Crippen LogP contribution in [-0.4, -0.2) is 16.8 Å². The van der Waals surface area contributed by atoms with Crippen LogP contribution < -0.4 is 9.44 Å². The third-order valence-electron chi connectivity index (χ3n) is 4.57. The molecule has 0 aromatic heterocycles. The maximum absolute atomic E-state index is 12.9. The number of anilines is 2. The van der Waals surface area contributed by atoms with Crippen LogP contribution in [0.5, 0.6) is 0 Å². The zero-order chi connectivity index (χ0) is 23.0. The summed E-state index contributed by atoms with van der Waals surface area (Å²) in [7, 11) is -8.06. The van der Waals surface area contributed by atoms with Crippen molar-refractivity contribution in [2.45, 2.75) is 30.6 Å². The van der Waals surface area contributed by atoms with Crippen molar-refractivity contribution in [1.82, 2.24) is 0 Å². The molecule has 0 amide bonds. The fourth-order valence-electron chi connectivity index (χ4n) is 2.89. The number of nitrogens with one attached hydrogen (secondary N) is 2. The maximum Gasteiger partial charge on any atom is 0.263 e. The van der Waals surface area contributed by atoms with E-state index < -0.39 is 20.0 Å². The lowest BCUT2D eigenvalue weighted by Gasteiger charge is -2.15. The van der Waals surface area contributed by atoms with Gasteiger partial charge >= 0.3 is 0 Å². The summed E-state index contributed by atoms with van der Waals surface area (Å²) in [5.74, 6) is 0. The Morgan fingerprint density at radius 3 is 2.03 bits per heavy atom. The van der Waals surface area contributed by atoms with Crippen molar-refractivity contribution in [2.75, 3.05) is 9.44 Å². The van der Waals surface area contributed by atoms with E-state index in [2.05, 4.69) is 9.44 Å². The lowest BCUT2D eigenvalue weighted by Crippen LogP contribution is -2.17. The summed E-state index contributed by atoms with van der Waals surface area (Å²) >= 11 is 11.9. The van der Waals surface area contributed by atoms with Gasteiger partial charge in [-0.15, -0.1) is 0 Å². The Morgan fingerprint density at radius 2 is 1.35 bits per heavy atom. The van der Waals surface area contributed by atoms with E-state index in [-0.39, 0.29) is 25.5 Å². The Morgan fingerprint density at radius 1 is 0.677 bits per heavy atom. The highest BCUT2D eigenvalue weighted by Gasteiger charge is 2.22. The molecule has 0 unspecified atom stereocenters. The highest BCUT2D eigenvalue weighted by atomic mass is 35.5. The predicted octanol–water partition coefficient (Wildman–Crippen LogP) is 5.52. The Balaban J connectivity index is 1.97. The van der Waals surface area contributed by atoms with Gasteiger partial charge < -0.3 is 0 Å². The van der Waals surface area contributed by atoms with Crippen molar-refractivity contribution in [1.29, 1.82) is 0 Å². The van der Waals surface area contributed by atoms with Gasteiger partial charge in [0.15, 0.2) is 0 Å². The maximum atomic E-state index is 12.9. The molecule has 0 saturated carbocycles. The number of sulfonamides is 2. The molecule has 0 aliphatic heterocycles. The SMILES string of the molecule is Cc1ccc(NS(=O)(=O)c2ccc(C)c(NS(=O)(=O)c3cc(Cl)ccc3Cl)c2)c(C)c1. The average Bonchev–Trinajstić information content (AvgIpc) is 2.67. The van der Waals surface area contributed by atoms with E-state index in [0.717, 1.165) is 11.1 Å². The van der Waals surface area contributed by atoms with Gasteiger partial charge in [0.2, 0.25) is 0 Å². The van der Waals surface area contributed by atoms with Crippen LogP contribution in [0.4, 0.5) is 11.4 Å². The fourth-order valence-corrected chi connectivity index (χ4v) is 5.93. The van der Waals surface area contributed by atoms with Crippen molar-refractivity contribution in [3.8, 4) is 0 Å². The molecule has 3 aromatic carbocycles. The Kier molecular flexibility index (Phi) is 6.57. The molecule has 31 heavy (non-hydrogen) atoms. The van der Waals surface area contributed by atoms with Gasteiger partial charge in [0.1, 0.15) is 4.90 Å². The van der Waals surface area contributed by atoms with Gasteiger partial charge in [-0.1, -0.05) is 47.0 Å². The molecule has 6 nitrogen and oxygen atoms in total. The van der Waals surface area contributed by atoms with Gasteiger partial charge in [-0.05, 0) is 68.3 Å². The van der Waals surface area contributed by atoms with E-state index >= 15 is 0 Å². The molecule has 3 rings (SSSR count). The molecule has 0 heterocycles. The lowest BCUT2D eigenvalue weighted by atomic mass is 10.1. The van der Waals surface area contributed by atoms with E-state index in [1.54, 1.807) is 26.0 Å². The molecule has 0 radical (unpaired) electrons. The largest absolute Gasteiger partial charge is 0.279 e. The molecule has 0 atom stereocenters. The minimum Gasteiger partial charge on any atom is -0.279 e. The van der Waals surface area contributed by atoms with Crippen LogP contribution in [0.15, 0.2) is 64.4 Å². The third kappa shape index (κ3) is 5.33. The minimum absolute atomic E-state index is 0.00478. The van der Waals surface area contributed by atoms with E-state index in [0.29, 0.717) is 11.3 Å². The predicted molar refractivity (Wildman–Crippen MR) is 125 cm³/mol. The average molecular weight is 499 g/mol.